The number of fused-ring (bicyclic) bond motifs is 1. The highest BCUT2D eigenvalue weighted by Gasteiger charge is 2.18. The number of sulfone groups is 1. The Balaban J connectivity index is 1.52. The van der Waals surface area contributed by atoms with E-state index in [9.17, 15) is 22.8 Å². The van der Waals surface area contributed by atoms with Gasteiger partial charge in [-0.1, -0.05) is 12.0 Å². The second-order valence-electron chi connectivity index (χ2n) is 7.14. The number of aryl methyl sites for hydroxylation is 1. The van der Waals surface area contributed by atoms with Crippen molar-refractivity contribution in [2.45, 2.75) is 18.4 Å². The fourth-order valence-electron chi connectivity index (χ4n) is 3.19. The minimum absolute atomic E-state index is 0.0162. The van der Waals surface area contributed by atoms with Crippen LogP contribution in [0.25, 0.3) is 22.6 Å². The van der Waals surface area contributed by atoms with Gasteiger partial charge in [0, 0.05) is 19.7 Å². The molecule has 0 fully saturated rings. The molecule has 1 N–H and O–H groups in total. The first-order valence-electron chi connectivity index (χ1n) is 9.69. The van der Waals surface area contributed by atoms with Crippen LogP contribution in [0.5, 0.6) is 0 Å². The second-order valence-corrected chi connectivity index (χ2v) is 9.42. The molecule has 4 rings (SSSR count). The van der Waals surface area contributed by atoms with Crippen molar-refractivity contribution < 1.29 is 17.6 Å². The lowest BCUT2D eigenvalue weighted by Gasteiger charge is -2.06. The third kappa shape index (κ3) is 3.95. The fourth-order valence-corrected chi connectivity index (χ4v) is 4.08. The van der Waals surface area contributed by atoms with Crippen LogP contribution < -0.4 is 16.6 Å². The number of rotatable bonds is 6. The van der Waals surface area contributed by atoms with Gasteiger partial charge in [0.15, 0.2) is 21.0 Å². The number of benzene rings is 1. The minimum atomic E-state index is -3.33. The van der Waals surface area contributed by atoms with E-state index in [2.05, 4.69) is 20.5 Å². The number of aromatic nitrogens is 6. The molecular weight excluding hydrogens is 454 g/mol. The van der Waals surface area contributed by atoms with Crippen LogP contribution in [0.3, 0.4) is 0 Å². The second kappa shape index (κ2) is 8.12. The van der Waals surface area contributed by atoms with Crippen LogP contribution in [-0.4, -0.2) is 49.0 Å². The number of hydrogen-bond donors (Lipinski definition) is 1. The summed E-state index contributed by atoms with van der Waals surface area (Å²) in [5.41, 5.74) is -0.372. The zero-order chi connectivity index (χ0) is 23.9. The lowest BCUT2D eigenvalue weighted by Crippen LogP contribution is -2.37. The molecule has 0 atom stereocenters. The first-order valence-corrected chi connectivity index (χ1v) is 11.3. The van der Waals surface area contributed by atoms with E-state index in [0.717, 1.165) is 4.57 Å². The molecule has 1 aromatic carbocycles. The van der Waals surface area contributed by atoms with Gasteiger partial charge in [-0.15, -0.1) is 5.10 Å². The number of anilines is 1. The molecular formula is C19H19N7O6S. The third-order valence-corrected chi connectivity index (χ3v) is 6.79. The maximum absolute atomic E-state index is 12.5. The van der Waals surface area contributed by atoms with Gasteiger partial charge in [0.25, 0.3) is 5.56 Å². The molecule has 0 aliphatic carbocycles. The summed E-state index contributed by atoms with van der Waals surface area (Å²) in [6.45, 7) is 1.27. The zero-order valence-electron chi connectivity index (χ0n) is 17.8. The molecule has 0 spiro atoms. The van der Waals surface area contributed by atoms with Crippen LogP contribution in [0, 0.1) is 0 Å². The van der Waals surface area contributed by atoms with Gasteiger partial charge in [-0.25, -0.2) is 18.2 Å². The summed E-state index contributed by atoms with van der Waals surface area (Å²) < 4.78 is 32.7. The normalized spacial score (nSPS) is 11.7. The van der Waals surface area contributed by atoms with Gasteiger partial charge in [0.2, 0.25) is 11.8 Å². The molecule has 172 valence electrons. The van der Waals surface area contributed by atoms with Crippen molar-refractivity contribution in [3.63, 3.8) is 0 Å². The molecule has 0 saturated carbocycles. The number of imidazole rings is 1. The quantitative estimate of drug-likeness (QED) is 0.403. The zero-order valence-corrected chi connectivity index (χ0v) is 18.7. The molecule has 14 heteroatoms. The number of carbonyl (C=O) groups excluding carboxylic acids is 1. The summed E-state index contributed by atoms with van der Waals surface area (Å²) in [6.07, 6.45) is 1.29. The van der Waals surface area contributed by atoms with E-state index in [1.165, 1.54) is 53.8 Å². The van der Waals surface area contributed by atoms with Crippen LogP contribution in [0.15, 0.2) is 49.5 Å². The van der Waals surface area contributed by atoms with E-state index in [1.54, 1.807) is 6.92 Å². The summed E-state index contributed by atoms with van der Waals surface area (Å²) in [5, 5.41) is 10.1. The Morgan fingerprint density at radius 2 is 1.79 bits per heavy atom. The number of hydrogen-bond acceptors (Lipinski definition) is 9. The Bertz CT molecular complexity index is 1590. The number of nitrogens with zero attached hydrogens (tertiary/aromatic N) is 6. The van der Waals surface area contributed by atoms with Gasteiger partial charge < -0.3 is 8.98 Å². The molecule has 0 aliphatic rings. The van der Waals surface area contributed by atoms with Crippen molar-refractivity contribution >= 4 is 32.9 Å². The van der Waals surface area contributed by atoms with Crippen LogP contribution in [0.2, 0.25) is 0 Å². The van der Waals surface area contributed by atoms with Crippen molar-refractivity contribution in [2.24, 2.45) is 14.1 Å². The largest absolute Gasteiger partial charge is 0.403 e. The van der Waals surface area contributed by atoms with Crippen molar-refractivity contribution in [1.82, 2.24) is 28.9 Å². The molecule has 0 saturated heterocycles. The van der Waals surface area contributed by atoms with E-state index >= 15 is 0 Å². The third-order valence-electron chi connectivity index (χ3n) is 5.04. The maximum Gasteiger partial charge on any atom is 0.332 e. The average molecular weight is 473 g/mol. The minimum Gasteiger partial charge on any atom is -0.403 e. The number of carbonyl (C=O) groups is 1. The van der Waals surface area contributed by atoms with Crippen LogP contribution in [0.4, 0.5) is 6.01 Å². The van der Waals surface area contributed by atoms with E-state index in [4.69, 9.17) is 4.42 Å². The highest BCUT2D eigenvalue weighted by Crippen LogP contribution is 2.22. The maximum atomic E-state index is 12.5. The SMILES string of the molecule is CCS(=O)(=O)c1ccc(-c2nnc(NC(=O)Cn3cnc4c3c(=O)n(C)c(=O)n4C)o2)cc1. The molecule has 0 radical (unpaired) electrons. The lowest BCUT2D eigenvalue weighted by atomic mass is 10.2. The van der Waals surface area contributed by atoms with E-state index in [-0.39, 0.29) is 40.3 Å². The van der Waals surface area contributed by atoms with Gasteiger partial charge in [0.1, 0.15) is 6.54 Å². The van der Waals surface area contributed by atoms with E-state index in [0.29, 0.717) is 5.56 Å². The average Bonchev–Trinajstić information content (AvgIpc) is 3.43. The lowest BCUT2D eigenvalue weighted by molar-refractivity contribution is -0.116. The van der Waals surface area contributed by atoms with Crippen LogP contribution in [-0.2, 0) is 35.3 Å². The smallest absolute Gasteiger partial charge is 0.332 e. The summed E-state index contributed by atoms with van der Waals surface area (Å²) in [7, 11) is -0.516. The molecule has 0 unspecified atom stereocenters. The van der Waals surface area contributed by atoms with Crippen molar-refractivity contribution in [2.75, 3.05) is 11.1 Å². The van der Waals surface area contributed by atoms with Crippen LogP contribution >= 0.6 is 0 Å². The monoisotopic (exact) mass is 473 g/mol. The molecule has 3 heterocycles. The Kier molecular flexibility index (Phi) is 5.45. The first-order chi connectivity index (χ1) is 15.6. The number of amides is 1. The first kappa shape index (κ1) is 22.1. The van der Waals surface area contributed by atoms with Crippen molar-refractivity contribution in [3.05, 3.63) is 51.4 Å². The standard InChI is InChI=1S/C19H19N7O6S/c1-4-33(30,31)12-7-5-11(6-8-12)16-22-23-18(32-16)21-13(27)9-26-10-20-15-14(26)17(28)25(3)19(29)24(15)2/h5-8,10H,4,9H2,1-3H3,(H,21,23,27). The fraction of sp³-hybridized carbons (Fsp3) is 0.263. The van der Waals surface area contributed by atoms with Gasteiger partial charge in [-0.3, -0.25) is 24.0 Å². The van der Waals surface area contributed by atoms with Crippen LogP contribution in [0.1, 0.15) is 6.92 Å². The summed E-state index contributed by atoms with van der Waals surface area (Å²) in [6, 6.07) is 5.76. The summed E-state index contributed by atoms with van der Waals surface area (Å²) in [4.78, 5) is 41.2. The molecule has 33 heavy (non-hydrogen) atoms. The highest BCUT2D eigenvalue weighted by atomic mass is 32.2. The molecule has 1 amide bonds. The van der Waals surface area contributed by atoms with Gasteiger partial charge in [-0.05, 0) is 24.3 Å². The Morgan fingerprint density at radius 1 is 1.09 bits per heavy atom. The Labute approximate surface area is 186 Å². The van der Waals surface area contributed by atoms with Gasteiger partial charge in [0.05, 0.1) is 17.0 Å². The molecule has 13 nitrogen and oxygen atoms in total. The Hall–Kier alpha value is -4.07. The molecule has 4 aromatic rings. The predicted octanol–water partition coefficient (Wildman–Crippen LogP) is -0.0840. The van der Waals surface area contributed by atoms with Gasteiger partial charge in [-0.2, -0.15) is 0 Å². The van der Waals surface area contributed by atoms with Crippen molar-refractivity contribution in [3.8, 4) is 11.5 Å². The number of nitrogens with one attached hydrogen (secondary N) is 1. The Morgan fingerprint density at radius 3 is 2.45 bits per heavy atom. The summed E-state index contributed by atoms with van der Waals surface area (Å²) >= 11 is 0. The highest BCUT2D eigenvalue weighted by molar-refractivity contribution is 7.91. The summed E-state index contributed by atoms with van der Waals surface area (Å²) in [5.74, 6) is -0.495. The molecule has 3 aromatic heterocycles. The molecule has 0 bridgehead atoms. The van der Waals surface area contributed by atoms with Gasteiger partial charge >= 0.3 is 11.7 Å². The van der Waals surface area contributed by atoms with E-state index < -0.39 is 27.0 Å². The van der Waals surface area contributed by atoms with E-state index in [1.807, 2.05) is 0 Å². The topological polar surface area (TPSA) is 164 Å². The predicted molar refractivity (Wildman–Crippen MR) is 116 cm³/mol. The molecule has 0 aliphatic heterocycles. The van der Waals surface area contributed by atoms with Crippen molar-refractivity contribution in [1.29, 1.82) is 0 Å².